The third-order valence-electron chi connectivity index (χ3n) is 0.749. The first-order chi connectivity index (χ1) is 3.50. The molecule has 1 heterocycles. The SMILES string of the molecule is [C]1C=CC=CCN1. The van der Waals surface area contributed by atoms with E-state index in [0.29, 0.717) is 0 Å². The van der Waals surface area contributed by atoms with Crippen LogP contribution in [0.2, 0.25) is 0 Å². The van der Waals surface area contributed by atoms with E-state index in [0.717, 1.165) is 6.54 Å². The minimum absolute atomic E-state index is 0.896. The van der Waals surface area contributed by atoms with Crippen molar-refractivity contribution in [1.82, 2.24) is 5.32 Å². The first kappa shape index (κ1) is 4.60. The molecule has 1 heteroatoms. The lowest BCUT2D eigenvalue weighted by molar-refractivity contribution is 0.936. The van der Waals surface area contributed by atoms with Gasteiger partial charge in [-0.05, 0) is 0 Å². The van der Waals surface area contributed by atoms with Gasteiger partial charge < -0.3 is 5.32 Å². The first-order valence-electron chi connectivity index (χ1n) is 2.30. The third kappa shape index (κ3) is 1.55. The van der Waals surface area contributed by atoms with E-state index in [-0.39, 0.29) is 0 Å². The number of allylic oxidation sites excluding steroid dienone is 2. The van der Waals surface area contributed by atoms with E-state index in [9.17, 15) is 0 Å². The Kier molecular flexibility index (Phi) is 1.70. The van der Waals surface area contributed by atoms with Crippen LogP contribution in [0.3, 0.4) is 0 Å². The average molecular weight is 93.1 g/mol. The van der Waals surface area contributed by atoms with Gasteiger partial charge >= 0.3 is 0 Å². The van der Waals surface area contributed by atoms with E-state index in [2.05, 4.69) is 11.9 Å². The van der Waals surface area contributed by atoms with Crippen LogP contribution < -0.4 is 5.32 Å². The van der Waals surface area contributed by atoms with Gasteiger partial charge in [-0.15, -0.1) is 0 Å². The maximum Gasteiger partial charge on any atom is 0.0857 e. The van der Waals surface area contributed by atoms with Crippen LogP contribution in [-0.4, -0.2) is 6.54 Å². The molecule has 0 saturated heterocycles. The summed E-state index contributed by atoms with van der Waals surface area (Å²) in [6.45, 7) is 3.75. The fourth-order valence-electron chi connectivity index (χ4n) is 0.427. The molecule has 0 aromatic heterocycles. The van der Waals surface area contributed by atoms with Gasteiger partial charge in [-0.25, -0.2) is 0 Å². The lowest BCUT2D eigenvalue weighted by Gasteiger charge is -1.86. The lowest BCUT2D eigenvalue weighted by atomic mass is 10.5. The largest absolute Gasteiger partial charge is 0.301 e. The molecule has 0 saturated carbocycles. The van der Waals surface area contributed by atoms with Crippen molar-refractivity contribution in [2.45, 2.75) is 0 Å². The van der Waals surface area contributed by atoms with Crippen LogP contribution in [-0.2, 0) is 0 Å². The Morgan fingerprint density at radius 3 is 3.43 bits per heavy atom. The molecule has 1 aliphatic rings. The number of hydrogen-bond donors (Lipinski definition) is 1. The second-order valence-electron chi connectivity index (χ2n) is 1.31. The summed E-state index contributed by atoms with van der Waals surface area (Å²) in [6.07, 6.45) is 7.83. The first-order valence-corrected chi connectivity index (χ1v) is 2.30. The molecule has 0 unspecified atom stereocenters. The summed E-state index contributed by atoms with van der Waals surface area (Å²) >= 11 is 0. The highest BCUT2D eigenvalue weighted by Crippen LogP contribution is 1.83. The summed E-state index contributed by atoms with van der Waals surface area (Å²) in [5.41, 5.74) is 0. The summed E-state index contributed by atoms with van der Waals surface area (Å²) < 4.78 is 0. The second kappa shape index (κ2) is 2.59. The molecule has 0 amide bonds. The van der Waals surface area contributed by atoms with Crippen molar-refractivity contribution in [3.63, 3.8) is 0 Å². The highest BCUT2D eigenvalue weighted by Gasteiger charge is 1.80. The van der Waals surface area contributed by atoms with Gasteiger partial charge in [-0.2, -0.15) is 0 Å². The maximum atomic E-state index is 2.92. The van der Waals surface area contributed by atoms with E-state index < -0.39 is 0 Å². The Hall–Kier alpha value is -0.560. The predicted octanol–water partition coefficient (Wildman–Crippen LogP) is 0.741. The van der Waals surface area contributed by atoms with Gasteiger partial charge in [0.15, 0.2) is 0 Å². The fourth-order valence-corrected chi connectivity index (χ4v) is 0.427. The van der Waals surface area contributed by atoms with Crippen molar-refractivity contribution in [1.29, 1.82) is 0 Å². The average Bonchev–Trinajstić information content (AvgIpc) is 1.90. The standard InChI is InChI=1S/C6H7N/c1-2-4-6-7-5-3-1/h1-4,7H,5H2. The zero-order valence-corrected chi connectivity index (χ0v) is 4.02. The molecule has 0 bridgehead atoms. The van der Waals surface area contributed by atoms with Crippen LogP contribution in [0.4, 0.5) is 0 Å². The molecule has 0 atom stereocenters. The van der Waals surface area contributed by atoms with E-state index in [1.54, 1.807) is 0 Å². The van der Waals surface area contributed by atoms with Crippen LogP contribution in [0.15, 0.2) is 24.3 Å². The molecule has 1 nitrogen and oxygen atoms in total. The summed E-state index contributed by atoms with van der Waals surface area (Å²) in [4.78, 5) is 0. The van der Waals surface area contributed by atoms with Gasteiger partial charge in [0, 0.05) is 6.54 Å². The van der Waals surface area contributed by atoms with Crippen LogP contribution >= 0.6 is 0 Å². The Morgan fingerprint density at radius 2 is 2.43 bits per heavy atom. The van der Waals surface area contributed by atoms with Crippen molar-refractivity contribution < 1.29 is 0 Å². The van der Waals surface area contributed by atoms with Crippen molar-refractivity contribution in [2.75, 3.05) is 6.54 Å². The van der Waals surface area contributed by atoms with E-state index in [1.807, 2.05) is 24.3 Å². The fraction of sp³-hybridized carbons (Fsp3) is 0.167. The van der Waals surface area contributed by atoms with Crippen molar-refractivity contribution in [3.05, 3.63) is 30.8 Å². The molecule has 2 radical (unpaired) electrons. The second-order valence-corrected chi connectivity index (χ2v) is 1.31. The molecule has 7 heavy (non-hydrogen) atoms. The Bertz CT molecular complexity index is 80.4. The molecule has 0 aromatic rings. The molecule has 1 N–H and O–H groups in total. The summed E-state index contributed by atoms with van der Waals surface area (Å²) in [5, 5.41) is 2.92. The Balaban J connectivity index is 2.39. The van der Waals surface area contributed by atoms with E-state index in [4.69, 9.17) is 0 Å². The number of rotatable bonds is 0. The smallest absolute Gasteiger partial charge is 0.0857 e. The van der Waals surface area contributed by atoms with Crippen LogP contribution in [0, 0.1) is 6.54 Å². The van der Waals surface area contributed by atoms with Crippen molar-refractivity contribution in [3.8, 4) is 0 Å². The van der Waals surface area contributed by atoms with Gasteiger partial charge in [0.1, 0.15) is 0 Å². The molecular formula is C6H7N. The molecule has 0 aliphatic carbocycles. The molecule has 36 valence electrons. The van der Waals surface area contributed by atoms with Gasteiger partial charge in [0.05, 0.1) is 6.54 Å². The van der Waals surface area contributed by atoms with Gasteiger partial charge in [0.2, 0.25) is 0 Å². The molecule has 1 aliphatic heterocycles. The van der Waals surface area contributed by atoms with E-state index in [1.165, 1.54) is 0 Å². The Morgan fingerprint density at radius 1 is 1.43 bits per heavy atom. The highest BCUT2D eigenvalue weighted by atomic mass is 14.8. The third-order valence-corrected chi connectivity index (χ3v) is 0.749. The normalized spacial score (nSPS) is 19.4. The number of nitrogens with one attached hydrogen (secondary N) is 1. The molecule has 0 spiro atoms. The van der Waals surface area contributed by atoms with Crippen molar-refractivity contribution in [2.24, 2.45) is 0 Å². The molecular weight excluding hydrogens is 86.1 g/mol. The molecule has 1 rings (SSSR count). The topological polar surface area (TPSA) is 12.0 Å². The summed E-state index contributed by atoms with van der Waals surface area (Å²) in [6, 6.07) is 0. The molecule has 0 fully saturated rings. The quantitative estimate of drug-likeness (QED) is 0.465. The monoisotopic (exact) mass is 93.1 g/mol. The zero-order chi connectivity index (χ0) is 4.95. The number of hydrogen-bond acceptors (Lipinski definition) is 1. The minimum atomic E-state index is 0.896. The van der Waals surface area contributed by atoms with Crippen molar-refractivity contribution >= 4 is 0 Å². The van der Waals surface area contributed by atoms with Gasteiger partial charge in [-0.3, -0.25) is 0 Å². The van der Waals surface area contributed by atoms with Crippen LogP contribution in [0.5, 0.6) is 0 Å². The highest BCUT2D eigenvalue weighted by molar-refractivity contribution is 5.10. The predicted molar refractivity (Wildman–Crippen MR) is 29.5 cm³/mol. The van der Waals surface area contributed by atoms with Crippen LogP contribution in [0.1, 0.15) is 0 Å². The zero-order valence-electron chi connectivity index (χ0n) is 4.02. The molecule has 0 aromatic carbocycles. The maximum absolute atomic E-state index is 2.92. The summed E-state index contributed by atoms with van der Waals surface area (Å²) in [7, 11) is 0. The van der Waals surface area contributed by atoms with Gasteiger partial charge in [-0.1, -0.05) is 24.3 Å². The Labute approximate surface area is 43.7 Å². The lowest BCUT2D eigenvalue weighted by Crippen LogP contribution is -2.05. The minimum Gasteiger partial charge on any atom is -0.301 e. The van der Waals surface area contributed by atoms with E-state index >= 15 is 0 Å². The van der Waals surface area contributed by atoms with Gasteiger partial charge in [0.25, 0.3) is 0 Å². The summed E-state index contributed by atoms with van der Waals surface area (Å²) in [5.74, 6) is 0. The van der Waals surface area contributed by atoms with Crippen LogP contribution in [0.25, 0.3) is 0 Å².